The minimum atomic E-state index is 0.0713. The van der Waals surface area contributed by atoms with Crippen LogP contribution >= 0.6 is 0 Å². The van der Waals surface area contributed by atoms with E-state index in [0.717, 1.165) is 71.6 Å². The Hall–Kier alpha value is -3.62. The summed E-state index contributed by atoms with van der Waals surface area (Å²) in [5.74, 6) is 1.50. The molecule has 4 heterocycles. The van der Waals surface area contributed by atoms with Crippen molar-refractivity contribution in [1.29, 1.82) is 0 Å². The number of hydrogen-bond donors (Lipinski definition) is 1. The van der Waals surface area contributed by atoms with Crippen LogP contribution in [0, 0.1) is 5.92 Å². The molecule has 2 amide bonds. The molecule has 0 radical (unpaired) electrons. The predicted molar refractivity (Wildman–Crippen MR) is 145 cm³/mol. The van der Waals surface area contributed by atoms with Gasteiger partial charge >= 0.3 is 6.03 Å². The minimum Gasteiger partial charge on any atom is -0.382 e. The van der Waals surface area contributed by atoms with Gasteiger partial charge in [-0.15, -0.1) is 0 Å². The molecule has 1 aliphatic carbocycles. The topological polar surface area (TPSA) is 97.6 Å². The quantitative estimate of drug-likeness (QED) is 0.435. The third-order valence-electron chi connectivity index (χ3n) is 8.21. The molecule has 1 saturated carbocycles. The molecule has 0 unspecified atom stereocenters. The smallest absolute Gasteiger partial charge is 0.319 e. The van der Waals surface area contributed by atoms with E-state index in [9.17, 15) is 4.79 Å². The first-order valence-corrected chi connectivity index (χ1v) is 13.5. The van der Waals surface area contributed by atoms with Crippen molar-refractivity contribution >= 4 is 28.3 Å². The third-order valence-corrected chi connectivity index (χ3v) is 8.21. The average molecular weight is 501 g/mol. The van der Waals surface area contributed by atoms with Crippen LogP contribution in [-0.2, 0) is 6.54 Å². The van der Waals surface area contributed by atoms with Crippen LogP contribution in [0.25, 0.3) is 27.5 Å². The van der Waals surface area contributed by atoms with Crippen molar-refractivity contribution in [2.24, 2.45) is 5.92 Å². The summed E-state index contributed by atoms with van der Waals surface area (Å²) >= 11 is 0. The van der Waals surface area contributed by atoms with E-state index in [1.54, 1.807) is 19.0 Å². The molecule has 9 heteroatoms. The van der Waals surface area contributed by atoms with E-state index in [4.69, 9.17) is 10.8 Å². The Balaban J connectivity index is 1.31. The second-order valence-corrected chi connectivity index (χ2v) is 11.0. The summed E-state index contributed by atoms with van der Waals surface area (Å²) in [6.07, 6.45) is 12.1. The van der Waals surface area contributed by atoms with Gasteiger partial charge in [0.1, 0.15) is 11.8 Å². The standard InChI is InChI=1S/C28H36N8O/c1-33(2)28(37)34-12-10-20(11-13-34)25-15-23(26-27(29)30-18-31-36(25)26)21-8-9-22-17-35(32-24(22)14-21)16-19-6-4-3-5-7-19/h8-9,14-15,17-20H,3-7,10-13,16H2,1-2H3,(H2,29,30,31). The Morgan fingerprint density at radius 1 is 1.08 bits per heavy atom. The number of carbonyl (C=O) groups is 1. The second kappa shape index (κ2) is 9.68. The van der Waals surface area contributed by atoms with E-state index < -0.39 is 0 Å². The summed E-state index contributed by atoms with van der Waals surface area (Å²) in [6, 6.07) is 8.76. The molecular formula is C28H36N8O. The maximum atomic E-state index is 12.4. The highest BCUT2D eigenvalue weighted by Gasteiger charge is 2.28. The van der Waals surface area contributed by atoms with E-state index in [-0.39, 0.29) is 6.03 Å². The van der Waals surface area contributed by atoms with Crippen molar-refractivity contribution in [3.05, 3.63) is 42.5 Å². The molecule has 2 N–H and O–H groups in total. The van der Waals surface area contributed by atoms with Crippen molar-refractivity contribution in [3.8, 4) is 11.1 Å². The van der Waals surface area contributed by atoms with Gasteiger partial charge in [-0.05, 0) is 49.3 Å². The average Bonchev–Trinajstić information content (AvgIpc) is 3.50. The largest absolute Gasteiger partial charge is 0.382 e. The molecule has 1 saturated heterocycles. The molecule has 194 valence electrons. The van der Waals surface area contributed by atoms with Gasteiger partial charge in [0, 0.05) is 62.5 Å². The zero-order chi connectivity index (χ0) is 25.5. The van der Waals surface area contributed by atoms with Gasteiger partial charge in [0.25, 0.3) is 0 Å². The molecule has 0 bridgehead atoms. The summed E-state index contributed by atoms with van der Waals surface area (Å²) < 4.78 is 4.09. The van der Waals surface area contributed by atoms with Crippen LogP contribution in [0.15, 0.2) is 36.8 Å². The van der Waals surface area contributed by atoms with Gasteiger partial charge in [-0.2, -0.15) is 10.2 Å². The Morgan fingerprint density at radius 2 is 1.86 bits per heavy atom. The van der Waals surface area contributed by atoms with Crippen LogP contribution in [0.5, 0.6) is 0 Å². The van der Waals surface area contributed by atoms with Crippen LogP contribution in [-0.4, -0.2) is 67.4 Å². The fourth-order valence-electron chi connectivity index (χ4n) is 6.22. The van der Waals surface area contributed by atoms with Crippen molar-refractivity contribution in [1.82, 2.24) is 34.2 Å². The molecule has 1 aliphatic heterocycles. The van der Waals surface area contributed by atoms with Crippen LogP contribution < -0.4 is 5.73 Å². The van der Waals surface area contributed by atoms with Gasteiger partial charge in [-0.3, -0.25) is 4.68 Å². The number of piperidine rings is 1. The summed E-state index contributed by atoms with van der Waals surface area (Å²) in [4.78, 5) is 20.3. The number of nitrogens with zero attached hydrogens (tertiary/aromatic N) is 7. The van der Waals surface area contributed by atoms with Crippen molar-refractivity contribution in [2.75, 3.05) is 32.9 Å². The van der Waals surface area contributed by atoms with Crippen LogP contribution in [0.3, 0.4) is 0 Å². The number of nitrogens with two attached hydrogens (primary N) is 1. The molecule has 1 aromatic carbocycles. The third kappa shape index (κ3) is 4.51. The van der Waals surface area contributed by atoms with Crippen LogP contribution in [0.1, 0.15) is 56.6 Å². The highest BCUT2D eigenvalue weighted by Crippen LogP contribution is 2.37. The molecule has 2 fully saturated rings. The van der Waals surface area contributed by atoms with Gasteiger partial charge in [-0.1, -0.05) is 31.4 Å². The fourth-order valence-corrected chi connectivity index (χ4v) is 6.22. The number of amides is 2. The lowest BCUT2D eigenvalue weighted by Crippen LogP contribution is -2.43. The number of benzene rings is 1. The number of nitrogen functional groups attached to an aromatic ring is 1. The maximum absolute atomic E-state index is 12.4. The molecule has 37 heavy (non-hydrogen) atoms. The van der Waals surface area contributed by atoms with Gasteiger partial charge < -0.3 is 15.5 Å². The van der Waals surface area contributed by atoms with Gasteiger partial charge in [0.2, 0.25) is 0 Å². The van der Waals surface area contributed by atoms with E-state index in [1.165, 1.54) is 38.4 Å². The summed E-state index contributed by atoms with van der Waals surface area (Å²) in [5, 5.41) is 10.7. The first-order valence-electron chi connectivity index (χ1n) is 13.5. The highest BCUT2D eigenvalue weighted by atomic mass is 16.2. The monoisotopic (exact) mass is 500 g/mol. The number of fused-ring (bicyclic) bond motifs is 2. The molecule has 0 atom stereocenters. The van der Waals surface area contributed by atoms with Gasteiger partial charge in [0.05, 0.1) is 5.52 Å². The molecule has 9 nitrogen and oxygen atoms in total. The van der Waals surface area contributed by atoms with Gasteiger partial charge in [-0.25, -0.2) is 14.3 Å². The summed E-state index contributed by atoms with van der Waals surface area (Å²) in [7, 11) is 3.60. The molecule has 4 aromatic rings. The molecule has 2 aliphatic rings. The second-order valence-electron chi connectivity index (χ2n) is 11.0. The Labute approximate surface area is 217 Å². The fraction of sp³-hybridized carbons (Fsp3) is 0.500. The SMILES string of the molecule is CN(C)C(=O)N1CCC(c2cc(-c3ccc4cn(CC5CCCCC5)nc4c3)c3c(N)ncnn23)CC1. The normalized spacial score (nSPS) is 17.6. The van der Waals surface area contributed by atoms with E-state index in [1.807, 2.05) is 9.42 Å². The van der Waals surface area contributed by atoms with E-state index >= 15 is 0 Å². The Kier molecular flexibility index (Phi) is 6.22. The molecule has 3 aromatic heterocycles. The number of rotatable bonds is 4. The number of urea groups is 1. The summed E-state index contributed by atoms with van der Waals surface area (Å²) in [5.41, 5.74) is 11.5. The maximum Gasteiger partial charge on any atom is 0.319 e. The Morgan fingerprint density at radius 3 is 2.62 bits per heavy atom. The van der Waals surface area contributed by atoms with E-state index in [2.05, 4.69) is 45.2 Å². The number of likely N-dealkylation sites (tertiary alicyclic amines) is 1. The Bertz CT molecular complexity index is 1420. The number of carbonyl (C=O) groups excluding carboxylic acids is 1. The summed E-state index contributed by atoms with van der Waals surface area (Å²) in [6.45, 7) is 2.46. The number of anilines is 1. The number of hydrogen-bond acceptors (Lipinski definition) is 5. The lowest BCUT2D eigenvalue weighted by atomic mass is 9.89. The lowest BCUT2D eigenvalue weighted by molar-refractivity contribution is 0.156. The highest BCUT2D eigenvalue weighted by molar-refractivity contribution is 5.92. The van der Waals surface area contributed by atoms with Crippen molar-refractivity contribution in [3.63, 3.8) is 0 Å². The van der Waals surface area contributed by atoms with Crippen molar-refractivity contribution in [2.45, 2.75) is 57.4 Å². The molecule has 6 rings (SSSR count). The van der Waals surface area contributed by atoms with Crippen LogP contribution in [0.4, 0.5) is 10.6 Å². The zero-order valence-electron chi connectivity index (χ0n) is 21.8. The van der Waals surface area contributed by atoms with Gasteiger partial charge in [0.15, 0.2) is 5.82 Å². The molecular weight excluding hydrogens is 464 g/mol. The van der Waals surface area contributed by atoms with Crippen LogP contribution in [0.2, 0.25) is 0 Å². The van der Waals surface area contributed by atoms with E-state index in [0.29, 0.717) is 11.7 Å². The predicted octanol–water partition coefficient (Wildman–Crippen LogP) is 4.77. The molecule has 0 spiro atoms. The first-order chi connectivity index (χ1) is 18.0. The van der Waals surface area contributed by atoms with Crippen molar-refractivity contribution < 1.29 is 4.79 Å². The lowest BCUT2D eigenvalue weighted by Gasteiger charge is -2.33. The first kappa shape index (κ1) is 23.8. The zero-order valence-corrected chi connectivity index (χ0v) is 21.8. The number of aromatic nitrogens is 5. The minimum absolute atomic E-state index is 0.0713.